The lowest BCUT2D eigenvalue weighted by atomic mass is 9.95. The number of methoxy groups -OCH3 is 1. The summed E-state index contributed by atoms with van der Waals surface area (Å²) in [5.74, 6) is -0.0550. The monoisotopic (exact) mass is 544 g/mol. The lowest BCUT2D eigenvalue weighted by Gasteiger charge is -2.34. The third-order valence-electron chi connectivity index (χ3n) is 6.88. The molecule has 0 bridgehead atoms. The van der Waals surface area contributed by atoms with Gasteiger partial charge in [-0.15, -0.1) is 11.3 Å². The Morgan fingerprint density at radius 2 is 1.68 bits per heavy atom. The summed E-state index contributed by atoms with van der Waals surface area (Å²) in [6.07, 6.45) is 4.38. The van der Waals surface area contributed by atoms with Crippen LogP contribution in [0.3, 0.4) is 0 Å². The molecule has 37 heavy (non-hydrogen) atoms. The molecule has 6 nitrogen and oxygen atoms in total. The first-order valence-electron chi connectivity index (χ1n) is 12.5. The molecule has 0 N–H and O–H groups in total. The van der Waals surface area contributed by atoms with Gasteiger partial charge in [-0.05, 0) is 78.7 Å². The number of sulfonamides is 1. The highest BCUT2D eigenvalue weighted by molar-refractivity contribution is 7.89. The SMILES string of the molecule is COc1ccc(S(=O)(=O)N(CC(=O)N(Cc2ccc(F)cc2)Cc2sccc2C)C2CCCCC2)cc1. The first kappa shape index (κ1) is 27.3. The zero-order valence-electron chi connectivity index (χ0n) is 21.2. The number of carbonyl (C=O) groups excluding carboxylic acids is 1. The second kappa shape index (κ2) is 12.2. The second-order valence-electron chi connectivity index (χ2n) is 9.42. The predicted octanol–water partition coefficient (Wildman–Crippen LogP) is 5.76. The highest BCUT2D eigenvalue weighted by Gasteiger charge is 2.35. The number of rotatable bonds is 10. The molecule has 3 aromatic rings. The standard InChI is InChI=1S/C28H33FN2O4S2/c1-21-16-17-36-27(21)19-30(18-22-8-10-23(29)11-9-22)28(32)20-31(24-6-4-3-5-7-24)37(33,34)26-14-12-25(35-2)13-15-26/h8-17,24H,3-7,18-20H2,1-2H3. The van der Waals surface area contributed by atoms with Crippen molar-refractivity contribution in [3.05, 3.63) is 81.8 Å². The summed E-state index contributed by atoms with van der Waals surface area (Å²) in [5, 5.41) is 1.98. The molecule has 0 saturated heterocycles. The van der Waals surface area contributed by atoms with Gasteiger partial charge in [0, 0.05) is 17.5 Å². The van der Waals surface area contributed by atoms with Crippen molar-refractivity contribution >= 4 is 27.3 Å². The van der Waals surface area contributed by atoms with Crippen molar-refractivity contribution in [3.8, 4) is 5.75 Å². The van der Waals surface area contributed by atoms with Crippen LogP contribution in [0.1, 0.15) is 48.1 Å². The van der Waals surface area contributed by atoms with E-state index in [4.69, 9.17) is 4.74 Å². The smallest absolute Gasteiger partial charge is 0.243 e. The van der Waals surface area contributed by atoms with Crippen LogP contribution in [0.15, 0.2) is 64.9 Å². The Hall–Kier alpha value is -2.75. The lowest BCUT2D eigenvalue weighted by molar-refractivity contribution is -0.133. The van der Waals surface area contributed by atoms with E-state index < -0.39 is 10.0 Å². The molecule has 2 aromatic carbocycles. The largest absolute Gasteiger partial charge is 0.497 e. The van der Waals surface area contributed by atoms with E-state index in [1.54, 1.807) is 40.5 Å². The van der Waals surface area contributed by atoms with Gasteiger partial charge in [-0.1, -0.05) is 31.4 Å². The van der Waals surface area contributed by atoms with Crippen molar-refractivity contribution in [2.75, 3.05) is 13.7 Å². The van der Waals surface area contributed by atoms with Crippen LogP contribution in [0.4, 0.5) is 4.39 Å². The summed E-state index contributed by atoms with van der Waals surface area (Å²) in [5.41, 5.74) is 1.86. The summed E-state index contributed by atoms with van der Waals surface area (Å²) < 4.78 is 47.7. The zero-order valence-corrected chi connectivity index (χ0v) is 22.9. The van der Waals surface area contributed by atoms with Crippen LogP contribution in [0.5, 0.6) is 5.75 Å². The van der Waals surface area contributed by atoms with Gasteiger partial charge in [0.1, 0.15) is 11.6 Å². The van der Waals surface area contributed by atoms with Gasteiger partial charge in [-0.25, -0.2) is 12.8 Å². The van der Waals surface area contributed by atoms with Gasteiger partial charge in [-0.2, -0.15) is 4.31 Å². The highest BCUT2D eigenvalue weighted by Crippen LogP contribution is 2.29. The average molecular weight is 545 g/mol. The Morgan fingerprint density at radius 3 is 2.27 bits per heavy atom. The molecule has 0 unspecified atom stereocenters. The Labute approximate surface area is 222 Å². The molecular weight excluding hydrogens is 511 g/mol. The minimum atomic E-state index is -3.92. The third kappa shape index (κ3) is 6.77. The minimum absolute atomic E-state index is 0.144. The van der Waals surface area contributed by atoms with Gasteiger partial charge in [0.05, 0.1) is 25.1 Å². The molecule has 1 amide bonds. The number of amides is 1. The Balaban J connectivity index is 1.63. The number of aryl methyl sites for hydroxylation is 1. The van der Waals surface area contributed by atoms with E-state index in [0.717, 1.165) is 48.1 Å². The van der Waals surface area contributed by atoms with Crippen molar-refractivity contribution in [2.45, 2.75) is 63.1 Å². The fourth-order valence-corrected chi connectivity index (χ4v) is 7.23. The van der Waals surface area contributed by atoms with Crippen molar-refractivity contribution in [3.63, 3.8) is 0 Å². The van der Waals surface area contributed by atoms with Gasteiger partial charge < -0.3 is 9.64 Å². The molecule has 1 aromatic heterocycles. The Kier molecular flexibility index (Phi) is 9.00. The second-order valence-corrected chi connectivity index (χ2v) is 12.3. The molecule has 1 aliphatic rings. The minimum Gasteiger partial charge on any atom is -0.497 e. The van der Waals surface area contributed by atoms with Crippen molar-refractivity contribution < 1.29 is 22.3 Å². The van der Waals surface area contributed by atoms with Gasteiger partial charge in [-0.3, -0.25) is 4.79 Å². The fourth-order valence-electron chi connectivity index (χ4n) is 4.68. The molecule has 1 saturated carbocycles. The molecule has 198 valence electrons. The maximum absolute atomic E-state index is 13.8. The van der Waals surface area contributed by atoms with Crippen LogP contribution in [0.2, 0.25) is 0 Å². The molecule has 0 spiro atoms. The van der Waals surface area contributed by atoms with Crippen LogP contribution in [0.25, 0.3) is 0 Å². The topological polar surface area (TPSA) is 66.9 Å². The van der Waals surface area contributed by atoms with Gasteiger partial charge in [0.25, 0.3) is 0 Å². The van der Waals surface area contributed by atoms with Gasteiger partial charge >= 0.3 is 0 Å². The van der Waals surface area contributed by atoms with Crippen molar-refractivity contribution in [1.29, 1.82) is 0 Å². The van der Waals surface area contributed by atoms with Crippen LogP contribution in [0, 0.1) is 12.7 Å². The Morgan fingerprint density at radius 1 is 1.00 bits per heavy atom. The summed E-state index contributed by atoms with van der Waals surface area (Å²) in [7, 11) is -2.39. The summed E-state index contributed by atoms with van der Waals surface area (Å²) in [6, 6.07) is 14.1. The highest BCUT2D eigenvalue weighted by atomic mass is 32.2. The molecule has 9 heteroatoms. The quantitative estimate of drug-likeness (QED) is 0.326. The number of hydrogen-bond acceptors (Lipinski definition) is 5. The first-order valence-corrected chi connectivity index (χ1v) is 14.8. The molecule has 1 heterocycles. The van der Waals surface area contributed by atoms with Crippen LogP contribution in [-0.4, -0.2) is 43.2 Å². The number of benzene rings is 2. The third-order valence-corrected chi connectivity index (χ3v) is 9.80. The molecule has 1 fully saturated rings. The van der Waals surface area contributed by atoms with Crippen molar-refractivity contribution in [2.24, 2.45) is 0 Å². The lowest BCUT2D eigenvalue weighted by Crippen LogP contribution is -2.47. The molecule has 0 atom stereocenters. The number of nitrogens with zero attached hydrogens (tertiary/aromatic N) is 2. The van der Waals surface area contributed by atoms with E-state index in [-0.39, 0.29) is 35.8 Å². The van der Waals surface area contributed by atoms with Crippen LogP contribution in [-0.2, 0) is 27.9 Å². The Bertz CT molecular complexity index is 1280. The predicted molar refractivity (Wildman–Crippen MR) is 143 cm³/mol. The average Bonchev–Trinajstić information content (AvgIpc) is 3.32. The fraction of sp³-hybridized carbons (Fsp3) is 0.393. The number of hydrogen-bond donors (Lipinski definition) is 0. The van der Waals surface area contributed by atoms with E-state index >= 15 is 0 Å². The number of halogens is 1. The molecule has 1 aliphatic carbocycles. The normalized spacial score (nSPS) is 14.6. The maximum atomic E-state index is 13.8. The molecule has 0 radical (unpaired) electrons. The summed E-state index contributed by atoms with van der Waals surface area (Å²) in [4.78, 5) is 16.7. The molecule has 0 aliphatic heterocycles. The first-order chi connectivity index (χ1) is 17.8. The number of ether oxygens (including phenoxy) is 1. The van der Waals surface area contributed by atoms with E-state index in [2.05, 4.69) is 0 Å². The van der Waals surface area contributed by atoms with E-state index in [1.807, 2.05) is 18.4 Å². The number of thiophene rings is 1. The van der Waals surface area contributed by atoms with Crippen LogP contribution >= 0.6 is 11.3 Å². The van der Waals surface area contributed by atoms with E-state index in [9.17, 15) is 17.6 Å². The van der Waals surface area contributed by atoms with E-state index in [0.29, 0.717) is 12.3 Å². The molecular formula is C28H33FN2O4S2. The summed E-state index contributed by atoms with van der Waals surface area (Å²) >= 11 is 1.56. The number of carbonyl (C=O) groups is 1. The van der Waals surface area contributed by atoms with Gasteiger partial charge in [0.15, 0.2) is 0 Å². The van der Waals surface area contributed by atoms with E-state index in [1.165, 1.54) is 35.7 Å². The zero-order chi connectivity index (χ0) is 26.4. The summed E-state index contributed by atoms with van der Waals surface area (Å²) in [6.45, 7) is 2.37. The van der Waals surface area contributed by atoms with Crippen molar-refractivity contribution in [1.82, 2.24) is 9.21 Å². The molecule has 4 rings (SSSR count). The van der Waals surface area contributed by atoms with Gasteiger partial charge in [0.2, 0.25) is 15.9 Å². The van der Waals surface area contributed by atoms with Crippen LogP contribution < -0.4 is 4.74 Å². The maximum Gasteiger partial charge on any atom is 0.243 e.